The lowest BCUT2D eigenvalue weighted by Crippen LogP contribution is -2.45. The van der Waals surface area contributed by atoms with Gasteiger partial charge >= 0.3 is 25.9 Å². The van der Waals surface area contributed by atoms with E-state index in [1.54, 1.807) is 0 Å². The largest absolute Gasteiger partial charge is 0.646 e. The molecule has 0 radical (unpaired) electrons. The number of rotatable bonds is 6. The first-order chi connectivity index (χ1) is 9.55. The Labute approximate surface area is 113 Å². The molecule has 0 N–H and O–H groups in total. The van der Waals surface area contributed by atoms with E-state index in [1.165, 1.54) is 0 Å². The van der Waals surface area contributed by atoms with Gasteiger partial charge in [-0.15, -0.1) is 0 Å². The van der Waals surface area contributed by atoms with Crippen molar-refractivity contribution in [1.82, 2.24) is 0 Å². The van der Waals surface area contributed by atoms with E-state index < -0.39 is 44.9 Å². The molecule has 0 aromatic heterocycles. The maximum Gasteiger partial charge on any atom is 0.646 e. The van der Waals surface area contributed by atoms with Crippen LogP contribution in [-0.2, 0) is 14.0 Å². The molecule has 22 heavy (non-hydrogen) atoms. The van der Waals surface area contributed by atoms with Gasteiger partial charge in [-0.05, 0) is 0 Å². The molecule has 0 aliphatic rings. The van der Waals surface area contributed by atoms with Crippen LogP contribution < -0.4 is 0 Å². The second kappa shape index (κ2) is 7.12. The van der Waals surface area contributed by atoms with Gasteiger partial charge in [0.25, 0.3) is 19.1 Å². The van der Waals surface area contributed by atoms with Crippen LogP contribution in [0.4, 0.5) is 52.7 Å². The van der Waals surface area contributed by atoms with Crippen LogP contribution in [0, 0.1) is 0 Å². The van der Waals surface area contributed by atoms with E-state index in [1.807, 2.05) is 0 Å². The third-order valence-electron chi connectivity index (χ3n) is 1.46. The average molecular weight is 362 g/mol. The predicted molar refractivity (Wildman–Crippen MR) is 41.9 cm³/mol. The Kier molecular flexibility index (Phi) is 6.83. The van der Waals surface area contributed by atoms with Crippen LogP contribution in [0.3, 0.4) is 0 Å². The Bertz CT molecular complexity index is 287. The summed E-state index contributed by atoms with van der Waals surface area (Å²) in [5, 5.41) is 0. The van der Waals surface area contributed by atoms with E-state index in [0.29, 0.717) is 0 Å². The maximum absolute atomic E-state index is 12.3. The summed E-state index contributed by atoms with van der Waals surface area (Å²) in [6, 6.07) is 0. The molecule has 0 aliphatic heterocycles. The van der Waals surface area contributed by atoms with Gasteiger partial charge in [-0.25, -0.2) is 13.2 Å². The normalized spacial score (nSPS) is 18.0. The van der Waals surface area contributed by atoms with E-state index in [-0.39, 0.29) is 0 Å². The summed E-state index contributed by atoms with van der Waals surface area (Å²) in [5.74, 6) is 0. The first-order valence-electron chi connectivity index (χ1n) is 4.64. The van der Waals surface area contributed by atoms with Crippen LogP contribution in [0.1, 0.15) is 0 Å². The van der Waals surface area contributed by atoms with Gasteiger partial charge in [0.2, 0.25) is 0 Å². The van der Waals surface area contributed by atoms with Gasteiger partial charge < -0.3 is 14.0 Å². The maximum atomic E-state index is 12.3. The van der Waals surface area contributed by atoms with Crippen LogP contribution in [0.15, 0.2) is 0 Å². The molecule has 0 spiro atoms. The summed E-state index contributed by atoms with van der Waals surface area (Å²) in [6.45, 7) is 0. The van der Waals surface area contributed by atoms with Crippen molar-refractivity contribution in [2.24, 2.45) is 0 Å². The molecule has 0 heterocycles. The van der Waals surface area contributed by atoms with Crippen molar-refractivity contribution >= 4 is 7.32 Å². The van der Waals surface area contributed by atoms with Gasteiger partial charge in [0, 0.05) is 0 Å². The topological polar surface area (TPSA) is 27.7 Å². The Morgan fingerprint density at radius 2 is 0.682 bits per heavy atom. The zero-order chi connectivity index (χ0) is 17.9. The van der Waals surface area contributed by atoms with Crippen molar-refractivity contribution in [2.75, 3.05) is 0 Å². The van der Waals surface area contributed by atoms with Crippen molar-refractivity contribution < 1.29 is 66.6 Å². The van der Waals surface area contributed by atoms with E-state index >= 15 is 0 Å². The zero-order valence-corrected chi connectivity index (χ0v) is 9.57. The van der Waals surface area contributed by atoms with Gasteiger partial charge in [0.1, 0.15) is 0 Å². The van der Waals surface area contributed by atoms with Gasteiger partial charge in [0.05, 0.1) is 0 Å². The number of hydrogen-bond acceptors (Lipinski definition) is 3. The smallest absolute Gasteiger partial charge is 0.348 e. The fourth-order valence-corrected chi connectivity index (χ4v) is 0.620. The summed E-state index contributed by atoms with van der Waals surface area (Å²) in [4.78, 5) is 0. The third-order valence-corrected chi connectivity index (χ3v) is 1.46. The molecule has 0 saturated carbocycles. The van der Waals surface area contributed by atoms with E-state index in [0.717, 1.165) is 0 Å². The molecule has 0 rings (SSSR count). The van der Waals surface area contributed by atoms with Gasteiger partial charge in [-0.2, -0.15) is 39.5 Å². The predicted octanol–water partition coefficient (Wildman–Crippen LogP) is 3.59. The highest BCUT2D eigenvalue weighted by Crippen LogP contribution is 2.30. The molecular formula is C6H3BF12O3. The minimum absolute atomic E-state index is 2.83. The van der Waals surface area contributed by atoms with Crippen molar-refractivity contribution in [2.45, 2.75) is 37.6 Å². The Morgan fingerprint density at radius 1 is 0.500 bits per heavy atom. The number of halogens is 12. The van der Waals surface area contributed by atoms with Crippen LogP contribution in [0.5, 0.6) is 0 Å². The number of alkyl halides is 12. The Balaban J connectivity index is 5.00. The highest BCUT2D eigenvalue weighted by Gasteiger charge is 2.53. The molecule has 0 saturated heterocycles. The second-order valence-corrected chi connectivity index (χ2v) is 3.27. The molecule has 3 nitrogen and oxygen atoms in total. The van der Waals surface area contributed by atoms with Gasteiger partial charge in [0.15, 0.2) is 0 Å². The molecule has 0 aromatic rings. The molecule has 3 unspecified atom stereocenters. The summed E-state index contributed by atoms with van der Waals surface area (Å²) in [7, 11) is -3.93. The third kappa shape index (κ3) is 7.39. The minimum Gasteiger partial charge on any atom is -0.348 e. The fourth-order valence-electron chi connectivity index (χ4n) is 0.620. The van der Waals surface area contributed by atoms with Crippen LogP contribution >= 0.6 is 0 Å². The monoisotopic (exact) mass is 362 g/mol. The molecular weight excluding hydrogens is 359 g/mol. The SMILES string of the molecule is FC(OB(OC(F)C(F)(F)F)OC(F)C(F)(F)F)C(F)(F)F. The molecule has 0 bridgehead atoms. The van der Waals surface area contributed by atoms with Crippen molar-refractivity contribution in [3.05, 3.63) is 0 Å². The Morgan fingerprint density at radius 3 is 0.818 bits per heavy atom. The van der Waals surface area contributed by atoms with E-state index in [2.05, 4.69) is 14.0 Å². The minimum atomic E-state index is -5.93. The lowest BCUT2D eigenvalue weighted by atomic mass is 10.2. The highest BCUT2D eigenvalue weighted by molar-refractivity contribution is 6.36. The fraction of sp³-hybridized carbons (Fsp3) is 1.00. The van der Waals surface area contributed by atoms with Crippen molar-refractivity contribution in [3.8, 4) is 0 Å². The zero-order valence-electron chi connectivity index (χ0n) is 9.57. The van der Waals surface area contributed by atoms with Gasteiger partial charge in [-0.3, -0.25) is 0 Å². The van der Waals surface area contributed by atoms with E-state index in [9.17, 15) is 52.7 Å². The van der Waals surface area contributed by atoms with Crippen LogP contribution in [0.2, 0.25) is 0 Å². The number of hydrogen-bond donors (Lipinski definition) is 0. The summed E-state index contributed by atoms with van der Waals surface area (Å²) < 4.78 is 151. The first kappa shape index (κ1) is 21.1. The highest BCUT2D eigenvalue weighted by atomic mass is 19.4. The Hall–Kier alpha value is -0.895. The molecule has 0 aromatic carbocycles. The second-order valence-electron chi connectivity index (χ2n) is 3.27. The van der Waals surface area contributed by atoms with Crippen LogP contribution in [0.25, 0.3) is 0 Å². The lowest BCUT2D eigenvalue weighted by molar-refractivity contribution is -0.285. The van der Waals surface area contributed by atoms with Crippen molar-refractivity contribution in [3.63, 3.8) is 0 Å². The standard InChI is InChI=1S/C6H3BF12O3/c8-1(4(11,12)13)20-7(21-2(9)5(14,15)16)22-3(10)6(17,18)19/h1-3H. The molecule has 16 heteroatoms. The molecule has 132 valence electrons. The molecule has 0 amide bonds. The average Bonchev–Trinajstić information content (AvgIpc) is 2.24. The molecule has 3 atom stereocenters. The summed E-state index contributed by atoms with van der Waals surface area (Å²) in [5.41, 5.74) is 0. The summed E-state index contributed by atoms with van der Waals surface area (Å²) >= 11 is 0. The molecule has 0 aliphatic carbocycles. The lowest BCUT2D eigenvalue weighted by Gasteiger charge is -2.23. The van der Waals surface area contributed by atoms with E-state index in [4.69, 9.17) is 0 Å². The first-order valence-corrected chi connectivity index (χ1v) is 4.64. The quantitative estimate of drug-likeness (QED) is 0.534. The summed E-state index contributed by atoms with van der Waals surface area (Å²) in [6.07, 6.45) is -31.4. The molecule has 0 fully saturated rings. The van der Waals surface area contributed by atoms with Crippen molar-refractivity contribution in [1.29, 1.82) is 0 Å². The van der Waals surface area contributed by atoms with Crippen LogP contribution in [-0.4, -0.2) is 44.9 Å². The van der Waals surface area contributed by atoms with Gasteiger partial charge in [-0.1, -0.05) is 0 Å².